The fourth-order valence-corrected chi connectivity index (χ4v) is 1.05. The van der Waals surface area contributed by atoms with Crippen molar-refractivity contribution in [1.82, 2.24) is 10.6 Å². The van der Waals surface area contributed by atoms with E-state index in [1.54, 1.807) is 10.6 Å². The highest BCUT2D eigenvalue weighted by atomic mass is 16.2. The van der Waals surface area contributed by atoms with E-state index in [0.717, 1.165) is 6.92 Å². The number of hydrogen-bond donors (Lipinski definition) is 2. The largest absolute Gasteiger partial charge is 0.328 e. The molecule has 0 bridgehead atoms. The first-order valence-corrected chi connectivity index (χ1v) is 3.59. The molecule has 0 aliphatic carbocycles. The molecule has 1 heterocycles. The molecule has 74 valence electrons. The second-order valence-corrected chi connectivity index (χ2v) is 2.72. The number of amides is 4. The second-order valence-electron chi connectivity index (χ2n) is 2.72. The third-order valence-electron chi connectivity index (χ3n) is 1.90. The molecule has 1 rings (SSSR count). The van der Waals surface area contributed by atoms with Gasteiger partial charge in [-0.2, -0.15) is 0 Å². The molecule has 1 saturated heterocycles. The number of barbiturate groups is 1. The number of hydrogen-bond acceptors (Lipinski definition) is 5. The third-order valence-corrected chi connectivity index (χ3v) is 1.90. The highest BCUT2D eigenvalue weighted by Gasteiger charge is 2.54. The van der Waals surface area contributed by atoms with Gasteiger partial charge in [0.25, 0.3) is 11.8 Å². The summed E-state index contributed by atoms with van der Waals surface area (Å²) >= 11 is 0. The van der Waals surface area contributed by atoms with Crippen LogP contribution in [0.1, 0.15) is 6.92 Å². The number of Topliss-reactive ketones (excluding diaryl/α,β-unsaturated/α-hetero) is 1. The number of imide groups is 2. The second kappa shape index (κ2) is 3.02. The quantitative estimate of drug-likeness (QED) is 0.399. The summed E-state index contributed by atoms with van der Waals surface area (Å²) in [5.41, 5.74) is -2.42. The summed E-state index contributed by atoms with van der Waals surface area (Å²) < 4.78 is 0. The van der Waals surface area contributed by atoms with E-state index in [-0.39, 0.29) is 6.29 Å². The van der Waals surface area contributed by atoms with E-state index in [0.29, 0.717) is 0 Å². The number of rotatable bonds is 2. The molecule has 0 aromatic heterocycles. The smallest absolute Gasteiger partial charge is 0.301 e. The maximum absolute atomic E-state index is 11.2. The molecule has 14 heavy (non-hydrogen) atoms. The van der Waals surface area contributed by atoms with Gasteiger partial charge in [0.05, 0.1) is 0 Å². The van der Waals surface area contributed by atoms with Crippen LogP contribution in [0.25, 0.3) is 0 Å². The zero-order valence-electron chi connectivity index (χ0n) is 7.12. The fraction of sp³-hybridized carbons (Fsp3) is 0.286. The van der Waals surface area contributed by atoms with Crippen LogP contribution in [-0.2, 0) is 19.2 Å². The Labute approximate surface area is 77.8 Å². The van der Waals surface area contributed by atoms with E-state index in [4.69, 9.17) is 0 Å². The van der Waals surface area contributed by atoms with Gasteiger partial charge in [-0.1, -0.05) is 0 Å². The Morgan fingerprint density at radius 1 is 1.21 bits per heavy atom. The van der Waals surface area contributed by atoms with Crippen LogP contribution in [0.15, 0.2) is 0 Å². The molecule has 0 spiro atoms. The van der Waals surface area contributed by atoms with Gasteiger partial charge in [-0.15, -0.1) is 0 Å². The van der Waals surface area contributed by atoms with Crippen molar-refractivity contribution in [1.29, 1.82) is 0 Å². The number of ketones is 1. The predicted molar refractivity (Wildman–Crippen MR) is 40.9 cm³/mol. The minimum absolute atomic E-state index is 0.0769. The first-order chi connectivity index (χ1) is 6.45. The van der Waals surface area contributed by atoms with Crippen molar-refractivity contribution in [2.24, 2.45) is 5.41 Å². The highest BCUT2D eigenvalue weighted by Crippen LogP contribution is 2.18. The van der Waals surface area contributed by atoms with E-state index in [1.807, 2.05) is 0 Å². The van der Waals surface area contributed by atoms with Gasteiger partial charge in [-0.3, -0.25) is 25.0 Å². The molecule has 1 fully saturated rings. The van der Waals surface area contributed by atoms with Crippen LogP contribution in [0, 0.1) is 5.41 Å². The molecule has 4 amide bonds. The average Bonchev–Trinajstić information content (AvgIpc) is 2.03. The van der Waals surface area contributed by atoms with E-state index in [2.05, 4.69) is 0 Å². The molecular formula is C7H6N2O5. The Morgan fingerprint density at radius 2 is 1.64 bits per heavy atom. The van der Waals surface area contributed by atoms with Crippen molar-refractivity contribution in [3.8, 4) is 0 Å². The minimum atomic E-state index is -2.42. The maximum atomic E-state index is 11.2. The molecule has 7 nitrogen and oxygen atoms in total. The maximum Gasteiger partial charge on any atom is 0.328 e. The first kappa shape index (κ1) is 10.0. The summed E-state index contributed by atoms with van der Waals surface area (Å²) in [6.07, 6.45) is -0.0769. The van der Waals surface area contributed by atoms with Crippen LogP contribution < -0.4 is 10.6 Å². The Kier molecular flexibility index (Phi) is 2.16. The lowest BCUT2D eigenvalue weighted by Crippen LogP contribution is -2.65. The van der Waals surface area contributed by atoms with Crippen LogP contribution in [-0.4, -0.2) is 29.9 Å². The monoisotopic (exact) mass is 198 g/mol. The van der Waals surface area contributed by atoms with Crippen LogP contribution in [0.5, 0.6) is 0 Å². The Hall–Kier alpha value is -2.05. The lowest BCUT2D eigenvalue weighted by Gasteiger charge is -2.26. The molecule has 0 atom stereocenters. The van der Waals surface area contributed by atoms with E-state index in [1.165, 1.54) is 0 Å². The van der Waals surface area contributed by atoms with Crippen molar-refractivity contribution in [3.63, 3.8) is 0 Å². The van der Waals surface area contributed by atoms with Gasteiger partial charge < -0.3 is 4.79 Å². The third kappa shape index (κ3) is 1.10. The number of carbonyl (C=O) groups is 5. The molecule has 0 unspecified atom stereocenters. The summed E-state index contributed by atoms with van der Waals surface area (Å²) in [7, 11) is 0. The van der Waals surface area contributed by atoms with Gasteiger partial charge >= 0.3 is 6.03 Å². The van der Waals surface area contributed by atoms with Gasteiger partial charge in [-0.25, -0.2) is 4.79 Å². The van der Waals surface area contributed by atoms with Crippen molar-refractivity contribution >= 4 is 29.9 Å². The molecule has 0 aromatic carbocycles. The topological polar surface area (TPSA) is 109 Å². The van der Waals surface area contributed by atoms with Crippen LogP contribution in [0.2, 0.25) is 0 Å². The summed E-state index contributed by atoms with van der Waals surface area (Å²) in [5.74, 6) is -3.36. The molecule has 1 aliphatic rings. The van der Waals surface area contributed by atoms with E-state index in [9.17, 15) is 24.0 Å². The summed E-state index contributed by atoms with van der Waals surface area (Å²) in [6, 6.07) is -1.04. The Bertz CT molecular complexity index is 339. The molecule has 0 saturated carbocycles. The Morgan fingerprint density at radius 3 is 1.93 bits per heavy atom. The van der Waals surface area contributed by atoms with Crippen molar-refractivity contribution in [2.75, 3.05) is 0 Å². The van der Waals surface area contributed by atoms with Crippen molar-refractivity contribution in [2.45, 2.75) is 6.92 Å². The molecule has 1 aliphatic heterocycles. The normalized spacial score (nSPS) is 19.6. The fourth-order valence-electron chi connectivity index (χ4n) is 1.05. The molecule has 0 aromatic rings. The van der Waals surface area contributed by atoms with Gasteiger partial charge in [0.1, 0.15) is 0 Å². The average molecular weight is 198 g/mol. The van der Waals surface area contributed by atoms with E-state index < -0.39 is 29.0 Å². The van der Waals surface area contributed by atoms with Gasteiger partial charge in [0, 0.05) is 0 Å². The standard InChI is InChI=1S/C7H6N2O5/c1-3(11)7(2-10)4(12)8-6(14)9-5(7)13/h2H,1H3,(H2,8,9,12,13,14). The van der Waals surface area contributed by atoms with Crippen molar-refractivity contribution in [3.05, 3.63) is 0 Å². The number of aldehydes is 1. The predicted octanol–water partition coefficient (Wildman–Crippen LogP) is -1.87. The molecule has 0 radical (unpaired) electrons. The van der Waals surface area contributed by atoms with Gasteiger partial charge in [0.2, 0.25) is 5.41 Å². The zero-order chi connectivity index (χ0) is 10.9. The SMILES string of the molecule is CC(=O)C1(C=O)C(=O)NC(=O)NC1=O. The van der Waals surface area contributed by atoms with Crippen LogP contribution in [0.3, 0.4) is 0 Å². The number of nitrogens with one attached hydrogen (secondary N) is 2. The van der Waals surface area contributed by atoms with Crippen molar-refractivity contribution < 1.29 is 24.0 Å². The lowest BCUT2D eigenvalue weighted by molar-refractivity contribution is -0.152. The number of urea groups is 1. The Balaban J connectivity index is 3.24. The summed E-state index contributed by atoms with van der Waals surface area (Å²) in [6.45, 7) is 0.920. The minimum Gasteiger partial charge on any atom is -0.301 e. The van der Waals surface area contributed by atoms with Crippen LogP contribution in [0.4, 0.5) is 4.79 Å². The number of carbonyl (C=O) groups excluding carboxylic acids is 5. The molecular weight excluding hydrogens is 192 g/mol. The first-order valence-electron chi connectivity index (χ1n) is 3.59. The zero-order valence-corrected chi connectivity index (χ0v) is 7.12. The summed E-state index contributed by atoms with van der Waals surface area (Å²) in [5, 5.41) is 3.34. The van der Waals surface area contributed by atoms with Crippen LogP contribution >= 0.6 is 0 Å². The molecule has 7 heteroatoms. The van der Waals surface area contributed by atoms with Gasteiger partial charge in [-0.05, 0) is 6.92 Å². The highest BCUT2D eigenvalue weighted by molar-refractivity contribution is 6.38. The van der Waals surface area contributed by atoms with Gasteiger partial charge in [0.15, 0.2) is 12.1 Å². The van der Waals surface area contributed by atoms with E-state index >= 15 is 0 Å². The lowest BCUT2D eigenvalue weighted by atomic mass is 9.82. The molecule has 2 N–H and O–H groups in total. The summed E-state index contributed by atoms with van der Waals surface area (Å²) in [4.78, 5) is 54.6.